The van der Waals surface area contributed by atoms with Gasteiger partial charge in [-0.3, -0.25) is 14.2 Å². The summed E-state index contributed by atoms with van der Waals surface area (Å²) in [5, 5.41) is 14.0. The molecule has 0 saturated carbocycles. The molecule has 1 amide bonds. The van der Waals surface area contributed by atoms with Crippen LogP contribution in [-0.2, 0) is 4.79 Å². The quantitative estimate of drug-likeness (QED) is 0.420. The van der Waals surface area contributed by atoms with E-state index >= 15 is 0 Å². The van der Waals surface area contributed by atoms with E-state index < -0.39 is 22.8 Å². The Kier molecular flexibility index (Phi) is 4.70. The Morgan fingerprint density at radius 3 is 2.81 bits per heavy atom. The molecule has 0 aliphatic carbocycles. The summed E-state index contributed by atoms with van der Waals surface area (Å²) in [6.07, 6.45) is 4.36. The Bertz CT molecular complexity index is 1390. The Balaban J connectivity index is 1.50. The summed E-state index contributed by atoms with van der Waals surface area (Å²) < 4.78 is 16.3. The van der Waals surface area contributed by atoms with Crippen molar-refractivity contribution in [3.8, 4) is 5.13 Å². The maximum atomic E-state index is 14.9. The van der Waals surface area contributed by atoms with Crippen molar-refractivity contribution in [2.24, 2.45) is 5.92 Å². The summed E-state index contributed by atoms with van der Waals surface area (Å²) in [4.78, 5) is 49.4. The number of carboxylic acids is 1. The van der Waals surface area contributed by atoms with Gasteiger partial charge in [0.05, 0.1) is 11.3 Å². The fourth-order valence-corrected chi connectivity index (χ4v) is 4.15. The van der Waals surface area contributed by atoms with Crippen LogP contribution in [0.4, 0.5) is 16.0 Å². The number of carbonyl (C=O) groups excluding carboxylic acids is 1. The average Bonchev–Trinajstić information content (AvgIpc) is 3.42. The van der Waals surface area contributed by atoms with E-state index in [-0.39, 0.29) is 41.8 Å². The average molecular weight is 454 g/mol. The van der Waals surface area contributed by atoms with Crippen molar-refractivity contribution in [2.45, 2.75) is 0 Å². The van der Waals surface area contributed by atoms with Gasteiger partial charge in [0.15, 0.2) is 22.4 Å². The number of rotatable bonds is 5. The molecule has 1 aliphatic rings. The highest BCUT2D eigenvalue weighted by Crippen LogP contribution is 2.29. The fraction of sp³-hybridized carbons (Fsp3) is 0.150. The summed E-state index contributed by atoms with van der Waals surface area (Å²) in [5.74, 6) is -2.20. The number of nitrogens with zero attached hydrogens (tertiary/aromatic N) is 4. The summed E-state index contributed by atoms with van der Waals surface area (Å²) in [7, 11) is 0. The van der Waals surface area contributed by atoms with Crippen LogP contribution in [0.15, 0.2) is 47.0 Å². The van der Waals surface area contributed by atoms with Crippen molar-refractivity contribution >= 4 is 45.9 Å². The maximum absolute atomic E-state index is 14.9. The number of anilines is 2. The van der Waals surface area contributed by atoms with Crippen LogP contribution in [0, 0.1) is 11.7 Å². The summed E-state index contributed by atoms with van der Waals surface area (Å²) >= 11 is 1.21. The van der Waals surface area contributed by atoms with Gasteiger partial charge in [0.1, 0.15) is 11.4 Å². The second kappa shape index (κ2) is 7.57. The summed E-state index contributed by atoms with van der Waals surface area (Å²) in [5.41, 5.74) is -1.25. The fourth-order valence-electron chi connectivity index (χ4n) is 3.53. The van der Waals surface area contributed by atoms with E-state index in [9.17, 15) is 23.9 Å². The van der Waals surface area contributed by atoms with E-state index in [0.29, 0.717) is 10.9 Å². The number of halogens is 1. The number of thiazole rings is 1. The van der Waals surface area contributed by atoms with Crippen LogP contribution in [0.25, 0.3) is 16.2 Å². The zero-order valence-corrected chi connectivity index (χ0v) is 17.1. The first-order chi connectivity index (χ1) is 15.4. The number of nitrogens with one attached hydrogen (secondary N) is 2. The Hall–Kier alpha value is -4.06. The van der Waals surface area contributed by atoms with Gasteiger partial charge in [0, 0.05) is 37.1 Å². The first-order valence-electron chi connectivity index (χ1n) is 9.50. The molecule has 5 heterocycles. The van der Waals surface area contributed by atoms with Crippen molar-refractivity contribution in [2.75, 3.05) is 23.3 Å². The number of amides is 1. The molecule has 1 fully saturated rings. The highest BCUT2D eigenvalue weighted by atomic mass is 32.1. The number of carbonyl (C=O) groups is 2. The lowest BCUT2D eigenvalue weighted by Crippen LogP contribution is -2.52. The van der Waals surface area contributed by atoms with Gasteiger partial charge in [0.2, 0.25) is 11.3 Å². The van der Waals surface area contributed by atoms with Crippen LogP contribution >= 0.6 is 11.3 Å². The second-order valence-electron chi connectivity index (χ2n) is 7.20. The van der Waals surface area contributed by atoms with Crippen LogP contribution in [0.5, 0.6) is 0 Å². The van der Waals surface area contributed by atoms with Gasteiger partial charge in [-0.15, -0.1) is 11.3 Å². The first kappa shape index (κ1) is 19.9. The molecule has 3 N–H and O–H groups in total. The number of aromatic carboxylic acids is 1. The zero-order valence-electron chi connectivity index (χ0n) is 16.3. The van der Waals surface area contributed by atoms with Gasteiger partial charge in [0.25, 0.3) is 0 Å². The number of aromatic nitrogens is 4. The van der Waals surface area contributed by atoms with Gasteiger partial charge in [-0.05, 0) is 18.2 Å². The molecular formula is C20H15FN6O4S. The zero-order chi connectivity index (χ0) is 22.4. The Morgan fingerprint density at radius 2 is 2.16 bits per heavy atom. The van der Waals surface area contributed by atoms with Crippen molar-refractivity contribution in [1.29, 1.82) is 0 Å². The molecule has 10 nitrogen and oxygen atoms in total. The number of fused-ring (bicyclic) bond motifs is 1. The third-order valence-electron chi connectivity index (χ3n) is 5.18. The molecule has 1 saturated heterocycles. The van der Waals surface area contributed by atoms with Gasteiger partial charge < -0.3 is 20.3 Å². The molecule has 4 aromatic rings. The lowest BCUT2D eigenvalue weighted by Gasteiger charge is -2.39. The van der Waals surface area contributed by atoms with Crippen LogP contribution < -0.4 is 15.6 Å². The van der Waals surface area contributed by atoms with E-state index in [1.54, 1.807) is 28.6 Å². The molecule has 0 spiro atoms. The molecule has 32 heavy (non-hydrogen) atoms. The minimum atomic E-state index is -1.43. The monoisotopic (exact) mass is 454 g/mol. The van der Waals surface area contributed by atoms with Crippen LogP contribution in [0.3, 0.4) is 0 Å². The highest BCUT2D eigenvalue weighted by Gasteiger charge is 2.35. The van der Waals surface area contributed by atoms with Crippen molar-refractivity contribution in [3.05, 3.63) is 63.8 Å². The standard InChI is InChI=1S/C20H15FN6O4S/c21-13-6-11-15(28)12(19(30)31)9-27(20-23-4-5-32-20)16(11)25-17(13)26-7-10(8-26)18(29)24-14-2-1-3-22-14/h1-6,9-10,22H,7-8H2,(H,24,29)(H,30,31). The van der Waals surface area contributed by atoms with Gasteiger partial charge in [-0.25, -0.2) is 19.2 Å². The summed E-state index contributed by atoms with van der Waals surface area (Å²) in [6.45, 7) is 0.493. The third kappa shape index (κ3) is 3.30. The number of H-pyrrole nitrogens is 1. The van der Waals surface area contributed by atoms with Crippen molar-refractivity contribution in [3.63, 3.8) is 0 Å². The number of aromatic amines is 1. The smallest absolute Gasteiger partial charge is 0.341 e. The third-order valence-corrected chi connectivity index (χ3v) is 5.95. The van der Waals surface area contributed by atoms with Gasteiger partial charge in [-0.1, -0.05) is 0 Å². The minimum Gasteiger partial charge on any atom is -0.477 e. The lowest BCUT2D eigenvalue weighted by molar-refractivity contribution is -0.120. The van der Waals surface area contributed by atoms with E-state index in [2.05, 4.69) is 20.3 Å². The van der Waals surface area contributed by atoms with Crippen molar-refractivity contribution in [1.82, 2.24) is 19.5 Å². The Morgan fingerprint density at radius 1 is 1.34 bits per heavy atom. The predicted octanol–water partition coefficient (Wildman–Crippen LogP) is 2.08. The summed E-state index contributed by atoms with van der Waals surface area (Å²) in [6, 6.07) is 4.47. The number of hydrogen-bond donors (Lipinski definition) is 3. The molecule has 0 bridgehead atoms. The lowest BCUT2D eigenvalue weighted by atomic mass is 9.99. The van der Waals surface area contributed by atoms with E-state index in [1.807, 2.05) is 0 Å². The van der Waals surface area contributed by atoms with E-state index in [1.165, 1.54) is 22.1 Å². The molecule has 0 radical (unpaired) electrons. The molecule has 12 heteroatoms. The number of carboxylic acid groups (broad SMARTS) is 1. The Labute approximate surface area is 183 Å². The molecule has 1 aliphatic heterocycles. The van der Waals surface area contributed by atoms with Crippen LogP contribution in [0.1, 0.15) is 10.4 Å². The maximum Gasteiger partial charge on any atom is 0.341 e. The van der Waals surface area contributed by atoms with Gasteiger partial charge in [-0.2, -0.15) is 0 Å². The van der Waals surface area contributed by atoms with Crippen molar-refractivity contribution < 1.29 is 19.1 Å². The largest absolute Gasteiger partial charge is 0.477 e. The molecule has 4 aromatic heterocycles. The molecule has 0 atom stereocenters. The molecular weight excluding hydrogens is 439 g/mol. The first-order valence-corrected chi connectivity index (χ1v) is 10.4. The molecule has 162 valence electrons. The molecule has 0 unspecified atom stereocenters. The minimum absolute atomic E-state index is 0.0193. The van der Waals surface area contributed by atoms with Gasteiger partial charge >= 0.3 is 5.97 Å². The van der Waals surface area contributed by atoms with Crippen LogP contribution in [0.2, 0.25) is 0 Å². The molecule has 5 rings (SSSR count). The SMILES string of the molecule is O=C(O)c1cn(-c2nccs2)c2nc(N3CC(C(=O)Nc4ccc[nH]4)C3)c(F)cc2c1=O. The van der Waals surface area contributed by atoms with Crippen LogP contribution in [-0.4, -0.2) is 49.6 Å². The number of pyridine rings is 2. The molecule has 0 aromatic carbocycles. The topological polar surface area (TPSA) is 133 Å². The highest BCUT2D eigenvalue weighted by molar-refractivity contribution is 7.12. The van der Waals surface area contributed by atoms with E-state index in [0.717, 1.165) is 12.3 Å². The van der Waals surface area contributed by atoms with E-state index in [4.69, 9.17) is 0 Å². The second-order valence-corrected chi connectivity index (χ2v) is 8.07. The normalized spacial score (nSPS) is 13.8. The number of hydrogen-bond acceptors (Lipinski definition) is 7. The predicted molar refractivity (Wildman–Crippen MR) is 115 cm³/mol.